The normalized spacial score (nSPS) is 10.5. The van der Waals surface area contributed by atoms with Gasteiger partial charge in [-0.05, 0) is 18.2 Å². The van der Waals surface area contributed by atoms with Gasteiger partial charge in [0.05, 0.1) is 5.52 Å². The molecule has 0 radical (unpaired) electrons. The summed E-state index contributed by atoms with van der Waals surface area (Å²) in [5, 5.41) is 3.50. The standard InChI is InChI=1S/C10H8BrFN2/c1-13-10-8(12)4-6-2-3-7(11)5-9(6)14-10/h2-5H,1H3,(H,13,14). The van der Waals surface area contributed by atoms with Crippen LogP contribution in [0.5, 0.6) is 0 Å². The second-order valence-corrected chi connectivity index (χ2v) is 3.82. The van der Waals surface area contributed by atoms with E-state index in [2.05, 4.69) is 26.2 Å². The summed E-state index contributed by atoms with van der Waals surface area (Å²) >= 11 is 3.34. The first-order valence-corrected chi connectivity index (χ1v) is 4.93. The molecule has 0 atom stereocenters. The zero-order valence-corrected chi connectivity index (χ0v) is 9.10. The Morgan fingerprint density at radius 2 is 2.14 bits per heavy atom. The van der Waals surface area contributed by atoms with Gasteiger partial charge in [0.1, 0.15) is 0 Å². The van der Waals surface area contributed by atoms with E-state index in [0.717, 1.165) is 15.4 Å². The minimum Gasteiger partial charge on any atom is -0.371 e. The van der Waals surface area contributed by atoms with E-state index < -0.39 is 0 Å². The molecule has 1 aromatic carbocycles. The molecule has 0 aliphatic carbocycles. The number of hydrogen-bond acceptors (Lipinski definition) is 2. The smallest absolute Gasteiger partial charge is 0.166 e. The number of hydrogen-bond donors (Lipinski definition) is 1. The number of halogens is 2. The number of pyridine rings is 1. The van der Waals surface area contributed by atoms with E-state index in [4.69, 9.17) is 0 Å². The summed E-state index contributed by atoms with van der Waals surface area (Å²) in [6.45, 7) is 0. The second kappa shape index (κ2) is 3.53. The van der Waals surface area contributed by atoms with Gasteiger partial charge in [-0.3, -0.25) is 0 Å². The molecule has 1 heterocycles. The van der Waals surface area contributed by atoms with Crippen molar-refractivity contribution >= 4 is 32.7 Å². The van der Waals surface area contributed by atoms with Crippen molar-refractivity contribution in [3.05, 3.63) is 34.6 Å². The Kier molecular flexibility index (Phi) is 2.37. The van der Waals surface area contributed by atoms with Crippen LogP contribution in [-0.4, -0.2) is 12.0 Å². The maximum Gasteiger partial charge on any atom is 0.166 e. The van der Waals surface area contributed by atoms with E-state index in [0.29, 0.717) is 0 Å². The second-order valence-electron chi connectivity index (χ2n) is 2.91. The van der Waals surface area contributed by atoms with Gasteiger partial charge in [-0.25, -0.2) is 9.37 Å². The highest BCUT2D eigenvalue weighted by atomic mass is 79.9. The Morgan fingerprint density at radius 3 is 2.86 bits per heavy atom. The molecule has 2 aromatic rings. The summed E-state index contributed by atoms with van der Waals surface area (Å²) < 4.78 is 14.2. The summed E-state index contributed by atoms with van der Waals surface area (Å²) in [5.74, 6) is -0.0575. The van der Waals surface area contributed by atoms with Crippen LogP contribution in [0, 0.1) is 5.82 Å². The molecule has 2 nitrogen and oxygen atoms in total. The van der Waals surface area contributed by atoms with E-state index in [1.54, 1.807) is 7.05 Å². The monoisotopic (exact) mass is 254 g/mol. The molecule has 0 saturated carbocycles. The molecule has 0 saturated heterocycles. The molecular formula is C10H8BrFN2. The first kappa shape index (κ1) is 9.40. The van der Waals surface area contributed by atoms with Crippen LogP contribution >= 0.6 is 15.9 Å². The highest BCUT2D eigenvalue weighted by molar-refractivity contribution is 9.10. The number of rotatable bonds is 1. The molecule has 0 unspecified atom stereocenters. The first-order chi connectivity index (χ1) is 6.70. The molecule has 1 N–H and O–H groups in total. The van der Waals surface area contributed by atoms with Crippen molar-refractivity contribution in [3.8, 4) is 0 Å². The predicted molar refractivity (Wildman–Crippen MR) is 58.9 cm³/mol. The van der Waals surface area contributed by atoms with Crippen LogP contribution in [0.15, 0.2) is 28.7 Å². The SMILES string of the molecule is CNc1nc2cc(Br)ccc2cc1F. The van der Waals surface area contributed by atoms with Crippen LogP contribution in [0.4, 0.5) is 10.2 Å². The maximum absolute atomic E-state index is 13.3. The summed E-state index contributed by atoms with van der Waals surface area (Å²) in [6, 6.07) is 7.02. The van der Waals surface area contributed by atoms with E-state index in [1.165, 1.54) is 6.07 Å². The van der Waals surface area contributed by atoms with Crippen molar-refractivity contribution in [2.45, 2.75) is 0 Å². The summed E-state index contributed by atoms with van der Waals surface area (Å²) in [6.07, 6.45) is 0. The fourth-order valence-corrected chi connectivity index (χ4v) is 1.64. The fraction of sp³-hybridized carbons (Fsp3) is 0.100. The number of fused-ring (bicyclic) bond motifs is 1. The maximum atomic E-state index is 13.3. The van der Waals surface area contributed by atoms with Gasteiger partial charge < -0.3 is 5.32 Å². The lowest BCUT2D eigenvalue weighted by Crippen LogP contribution is -1.96. The van der Waals surface area contributed by atoms with Crippen molar-refractivity contribution in [1.82, 2.24) is 4.98 Å². The third-order valence-electron chi connectivity index (χ3n) is 1.97. The quantitative estimate of drug-likeness (QED) is 0.846. The zero-order chi connectivity index (χ0) is 10.1. The lowest BCUT2D eigenvalue weighted by atomic mass is 10.2. The average Bonchev–Trinajstić information content (AvgIpc) is 2.17. The number of nitrogens with zero attached hydrogens (tertiary/aromatic N) is 1. The Bertz CT molecular complexity index is 485. The van der Waals surface area contributed by atoms with Gasteiger partial charge in [-0.15, -0.1) is 0 Å². The van der Waals surface area contributed by atoms with E-state index in [-0.39, 0.29) is 11.6 Å². The van der Waals surface area contributed by atoms with Crippen LogP contribution in [0.2, 0.25) is 0 Å². The van der Waals surface area contributed by atoms with E-state index in [1.807, 2.05) is 18.2 Å². The molecule has 1 aromatic heterocycles. The highest BCUT2D eigenvalue weighted by Gasteiger charge is 2.04. The third kappa shape index (κ3) is 1.57. The molecule has 0 bridgehead atoms. The van der Waals surface area contributed by atoms with Crippen molar-refractivity contribution in [1.29, 1.82) is 0 Å². The third-order valence-corrected chi connectivity index (χ3v) is 2.46. The molecule has 0 fully saturated rings. The number of aromatic nitrogens is 1. The summed E-state index contributed by atoms with van der Waals surface area (Å²) in [4.78, 5) is 4.14. The Hall–Kier alpha value is -1.16. The van der Waals surface area contributed by atoms with Crippen LogP contribution < -0.4 is 5.32 Å². The molecule has 72 valence electrons. The lowest BCUT2D eigenvalue weighted by molar-refractivity contribution is 0.628. The van der Waals surface area contributed by atoms with Gasteiger partial charge in [0, 0.05) is 16.9 Å². The molecule has 0 spiro atoms. The number of nitrogens with one attached hydrogen (secondary N) is 1. The molecule has 4 heteroatoms. The molecule has 14 heavy (non-hydrogen) atoms. The molecular weight excluding hydrogens is 247 g/mol. The van der Waals surface area contributed by atoms with Crippen LogP contribution in [0.1, 0.15) is 0 Å². The molecule has 0 amide bonds. The van der Waals surface area contributed by atoms with Crippen molar-refractivity contribution in [3.63, 3.8) is 0 Å². The minimum atomic E-state index is -0.331. The summed E-state index contributed by atoms with van der Waals surface area (Å²) in [5.41, 5.74) is 0.769. The van der Waals surface area contributed by atoms with E-state index >= 15 is 0 Å². The van der Waals surface area contributed by atoms with Crippen molar-refractivity contribution < 1.29 is 4.39 Å². The Balaban J connectivity index is 2.73. The highest BCUT2D eigenvalue weighted by Crippen LogP contribution is 2.22. The summed E-state index contributed by atoms with van der Waals surface area (Å²) in [7, 11) is 1.65. The number of anilines is 1. The fourth-order valence-electron chi connectivity index (χ4n) is 1.29. The van der Waals surface area contributed by atoms with Crippen LogP contribution in [0.25, 0.3) is 10.9 Å². The molecule has 0 aliphatic rings. The van der Waals surface area contributed by atoms with E-state index in [9.17, 15) is 4.39 Å². The van der Waals surface area contributed by atoms with Gasteiger partial charge in [0.2, 0.25) is 0 Å². The van der Waals surface area contributed by atoms with Gasteiger partial charge in [0.15, 0.2) is 11.6 Å². The molecule has 2 rings (SSSR count). The van der Waals surface area contributed by atoms with Gasteiger partial charge >= 0.3 is 0 Å². The van der Waals surface area contributed by atoms with Crippen molar-refractivity contribution in [2.24, 2.45) is 0 Å². The largest absolute Gasteiger partial charge is 0.371 e. The Labute approximate surface area is 89.3 Å². The lowest BCUT2D eigenvalue weighted by Gasteiger charge is -2.03. The first-order valence-electron chi connectivity index (χ1n) is 4.14. The topological polar surface area (TPSA) is 24.9 Å². The number of benzene rings is 1. The minimum absolute atomic E-state index is 0.274. The van der Waals surface area contributed by atoms with Crippen molar-refractivity contribution in [2.75, 3.05) is 12.4 Å². The zero-order valence-electron chi connectivity index (χ0n) is 7.51. The van der Waals surface area contributed by atoms with Crippen LogP contribution in [-0.2, 0) is 0 Å². The molecule has 0 aliphatic heterocycles. The van der Waals surface area contributed by atoms with Crippen LogP contribution in [0.3, 0.4) is 0 Å². The van der Waals surface area contributed by atoms with Gasteiger partial charge in [-0.2, -0.15) is 0 Å². The predicted octanol–water partition coefficient (Wildman–Crippen LogP) is 3.18. The average molecular weight is 255 g/mol. The van der Waals surface area contributed by atoms with Gasteiger partial charge in [-0.1, -0.05) is 22.0 Å². The van der Waals surface area contributed by atoms with Gasteiger partial charge in [0.25, 0.3) is 0 Å². The Morgan fingerprint density at radius 1 is 1.36 bits per heavy atom.